The van der Waals surface area contributed by atoms with Gasteiger partial charge in [0.2, 0.25) is 17.2 Å². The molecule has 19 nitrogen and oxygen atoms in total. The minimum absolute atomic E-state index is 0.0178. The van der Waals surface area contributed by atoms with Crippen molar-refractivity contribution in [3.8, 4) is 40.2 Å². The molecule has 19 heteroatoms. The first-order chi connectivity index (χ1) is 20.9. The molecule has 2 saturated heterocycles. The molecule has 3 aliphatic heterocycles. The number of carbonyl (C=O) groups excluding carboxylic acids is 2. The number of ether oxygens (including phenoxy) is 1. The number of carbonyl (C=O) groups is 2. The van der Waals surface area contributed by atoms with E-state index in [0.717, 1.165) is 0 Å². The lowest BCUT2D eigenvalue weighted by atomic mass is 9.85. The number of anilines is 1. The number of nitrogens with one attached hydrogen (secondary N) is 2. The number of nitrogens with zero attached hydrogens (tertiary/aromatic N) is 2. The Morgan fingerprint density at radius 1 is 0.800 bits per heavy atom. The van der Waals surface area contributed by atoms with Gasteiger partial charge in [-0.15, -0.1) is 0 Å². The van der Waals surface area contributed by atoms with E-state index in [9.17, 15) is 70.9 Å². The van der Waals surface area contributed by atoms with Gasteiger partial charge in [0.25, 0.3) is 29.1 Å². The van der Waals surface area contributed by atoms with Crippen LogP contribution >= 0.6 is 0 Å². The third-order valence-electron chi connectivity index (χ3n) is 8.20. The van der Waals surface area contributed by atoms with Crippen LogP contribution in [0.4, 0.5) is 5.69 Å². The van der Waals surface area contributed by atoms with E-state index in [1.54, 1.807) is 10.2 Å². The largest absolute Gasteiger partial charge is 0.504 e. The van der Waals surface area contributed by atoms with Crippen LogP contribution in [0.5, 0.6) is 40.2 Å². The van der Waals surface area contributed by atoms with Crippen LogP contribution in [-0.4, -0.2) is 126 Å². The highest BCUT2D eigenvalue weighted by atomic mass is 16.6. The van der Waals surface area contributed by atoms with Crippen molar-refractivity contribution in [2.24, 2.45) is 0 Å². The summed E-state index contributed by atoms with van der Waals surface area (Å²) in [5.74, 6) is -18.8. The number of morpholine rings is 1. The summed E-state index contributed by atoms with van der Waals surface area (Å²) in [6, 6.07) is 0. The van der Waals surface area contributed by atoms with E-state index in [2.05, 4.69) is 11.9 Å². The predicted octanol–water partition coefficient (Wildman–Crippen LogP) is -3.28. The molecule has 45 heavy (non-hydrogen) atoms. The zero-order valence-electron chi connectivity index (χ0n) is 23.1. The van der Waals surface area contributed by atoms with Crippen LogP contribution in [0.2, 0.25) is 0 Å². The van der Waals surface area contributed by atoms with Crippen molar-refractivity contribution in [1.82, 2.24) is 15.1 Å². The average Bonchev–Trinajstić information content (AvgIpc) is 3.34. The standard InChI is InChI=1S/C26H30N4O15/c1-9-25(41,42)26(43,44)24(40,23(39)28-9)30-8-12-13(22(30)38)17(33)21(37)18(34)14(12)27-6-10-11(7-29-2-4-45-5-3-29)16(32)20(36)19(35)15(10)31/h27,31-37,40-44H,1-8H2,(H,28,39). The zero-order chi connectivity index (χ0) is 33.4. The third kappa shape index (κ3) is 4.32. The number of aliphatic hydroxyl groups is 5. The Morgan fingerprint density at radius 2 is 1.36 bits per heavy atom. The fraction of sp³-hybridized carbons (Fsp3) is 0.385. The topological polar surface area (TPSA) is 317 Å². The van der Waals surface area contributed by atoms with Crippen LogP contribution in [0.25, 0.3) is 0 Å². The summed E-state index contributed by atoms with van der Waals surface area (Å²) in [7, 11) is 0. The van der Waals surface area contributed by atoms with Crippen molar-refractivity contribution in [3.63, 3.8) is 0 Å². The second kappa shape index (κ2) is 10.4. The van der Waals surface area contributed by atoms with E-state index >= 15 is 0 Å². The van der Waals surface area contributed by atoms with Crippen LogP contribution in [0, 0.1) is 0 Å². The van der Waals surface area contributed by atoms with Crippen molar-refractivity contribution in [1.29, 1.82) is 0 Å². The Balaban J connectivity index is 1.57. The molecule has 2 fully saturated rings. The second-order valence-electron chi connectivity index (χ2n) is 10.7. The SMILES string of the molecule is C=C1NC(=O)C(O)(N2Cc3c(NCc4c(O)c(O)c(O)c(O)c4CN4CCOCC4)c(O)c(O)c(O)c3C2=O)C(O)(O)C1(O)O. The molecule has 1 unspecified atom stereocenters. The van der Waals surface area contributed by atoms with Crippen molar-refractivity contribution in [2.45, 2.75) is 36.9 Å². The Labute approximate surface area is 251 Å². The van der Waals surface area contributed by atoms with E-state index in [1.807, 2.05) is 0 Å². The lowest BCUT2D eigenvalue weighted by Gasteiger charge is -2.51. The van der Waals surface area contributed by atoms with Gasteiger partial charge >= 0.3 is 0 Å². The van der Waals surface area contributed by atoms with Gasteiger partial charge < -0.3 is 76.6 Å². The molecule has 1 atom stereocenters. The Morgan fingerprint density at radius 3 is 1.96 bits per heavy atom. The van der Waals surface area contributed by atoms with E-state index in [0.29, 0.717) is 26.3 Å². The van der Waals surface area contributed by atoms with Crippen LogP contribution in [-0.2, 0) is 29.2 Å². The molecule has 0 spiro atoms. The molecule has 3 aliphatic rings. The summed E-state index contributed by atoms with van der Waals surface area (Å²) < 4.78 is 5.29. The molecule has 0 bridgehead atoms. The molecule has 0 aromatic heterocycles. The number of fused-ring (bicyclic) bond motifs is 1. The Kier molecular flexibility index (Phi) is 7.32. The fourth-order valence-electron chi connectivity index (χ4n) is 5.52. The van der Waals surface area contributed by atoms with Gasteiger partial charge in [0.05, 0.1) is 36.7 Å². The quantitative estimate of drug-likeness (QED) is 0.0837. The minimum atomic E-state index is -4.23. The number of phenolic OH excluding ortho intramolecular Hbond substituents is 7. The van der Waals surface area contributed by atoms with Gasteiger partial charge in [0, 0.05) is 42.9 Å². The molecule has 14 N–H and O–H groups in total. The summed E-state index contributed by atoms with van der Waals surface area (Å²) in [6.45, 7) is 2.82. The molecule has 244 valence electrons. The maximum Gasteiger partial charge on any atom is 0.284 e. The van der Waals surface area contributed by atoms with Crippen LogP contribution in [0.3, 0.4) is 0 Å². The van der Waals surface area contributed by atoms with Gasteiger partial charge in [-0.2, -0.15) is 0 Å². The highest BCUT2D eigenvalue weighted by molar-refractivity contribution is 6.07. The molecule has 2 amide bonds. The minimum Gasteiger partial charge on any atom is -0.504 e. The van der Waals surface area contributed by atoms with Crippen LogP contribution in [0.1, 0.15) is 27.0 Å². The molecule has 2 aromatic rings. The number of benzene rings is 2. The predicted molar refractivity (Wildman–Crippen MR) is 144 cm³/mol. The summed E-state index contributed by atoms with van der Waals surface area (Å²) in [5, 5.41) is 131. The Bertz CT molecular complexity index is 1640. The molecule has 3 heterocycles. The van der Waals surface area contributed by atoms with Crippen molar-refractivity contribution in [3.05, 3.63) is 34.5 Å². The summed E-state index contributed by atoms with van der Waals surface area (Å²) in [6.07, 6.45) is 0. The van der Waals surface area contributed by atoms with Crippen molar-refractivity contribution >= 4 is 17.5 Å². The first kappa shape index (κ1) is 31.7. The fourth-order valence-corrected chi connectivity index (χ4v) is 5.52. The van der Waals surface area contributed by atoms with Gasteiger partial charge in [-0.3, -0.25) is 19.4 Å². The molecular formula is C26H30N4O15. The summed E-state index contributed by atoms with van der Waals surface area (Å²) in [5.41, 5.74) is -7.17. The third-order valence-corrected chi connectivity index (χ3v) is 8.20. The van der Waals surface area contributed by atoms with Gasteiger partial charge in [-0.25, -0.2) is 0 Å². The number of hydrogen-bond acceptors (Lipinski definition) is 17. The second-order valence-corrected chi connectivity index (χ2v) is 10.7. The highest BCUT2D eigenvalue weighted by Gasteiger charge is 2.74. The van der Waals surface area contributed by atoms with Crippen LogP contribution in [0.15, 0.2) is 12.3 Å². The zero-order valence-corrected chi connectivity index (χ0v) is 23.1. The lowest BCUT2D eigenvalue weighted by Crippen LogP contribution is -2.83. The van der Waals surface area contributed by atoms with Gasteiger partial charge in [-0.1, -0.05) is 6.58 Å². The normalized spacial score (nSPS) is 22.8. The number of piperidine rings is 1. The summed E-state index contributed by atoms with van der Waals surface area (Å²) >= 11 is 0. The number of rotatable bonds is 6. The van der Waals surface area contributed by atoms with Crippen molar-refractivity contribution < 1.29 is 75.6 Å². The smallest absolute Gasteiger partial charge is 0.284 e. The van der Waals surface area contributed by atoms with E-state index in [4.69, 9.17) is 4.74 Å². The Hall–Kier alpha value is -4.76. The number of aromatic hydroxyl groups is 7. The molecular weight excluding hydrogens is 608 g/mol. The van der Waals surface area contributed by atoms with E-state index < -0.39 is 105 Å². The first-order valence-corrected chi connectivity index (χ1v) is 13.1. The van der Waals surface area contributed by atoms with Crippen molar-refractivity contribution in [2.75, 3.05) is 31.6 Å². The van der Waals surface area contributed by atoms with E-state index in [-0.39, 0.29) is 22.6 Å². The van der Waals surface area contributed by atoms with Crippen LogP contribution < -0.4 is 10.6 Å². The number of amides is 2. The molecule has 2 aromatic carbocycles. The van der Waals surface area contributed by atoms with Gasteiger partial charge in [0.15, 0.2) is 23.0 Å². The molecule has 0 aliphatic carbocycles. The number of hydrogen-bond donors (Lipinski definition) is 14. The molecule has 0 saturated carbocycles. The average molecular weight is 639 g/mol. The monoisotopic (exact) mass is 638 g/mol. The maximum absolute atomic E-state index is 13.4. The molecule has 5 rings (SSSR count). The van der Waals surface area contributed by atoms with Gasteiger partial charge in [-0.05, 0) is 0 Å². The summed E-state index contributed by atoms with van der Waals surface area (Å²) in [4.78, 5) is 28.1. The van der Waals surface area contributed by atoms with Gasteiger partial charge in [0.1, 0.15) is 0 Å². The molecule has 0 radical (unpaired) electrons. The highest BCUT2D eigenvalue weighted by Crippen LogP contribution is 2.53. The first-order valence-electron chi connectivity index (χ1n) is 13.1. The van der Waals surface area contributed by atoms with E-state index in [1.165, 1.54) is 0 Å². The maximum atomic E-state index is 13.4. The number of phenols is 7. The lowest BCUT2D eigenvalue weighted by molar-refractivity contribution is -0.412.